The van der Waals surface area contributed by atoms with Crippen LogP contribution in [0.4, 0.5) is 0 Å². The van der Waals surface area contributed by atoms with Crippen molar-refractivity contribution in [1.82, 2.24) is 0 Å². The van der Waals surface area contributed by atoms with Crippen molar-refractivity contribution in [3.05, 3.63) is 72.3 Å². The van der Waals surface area contributed by atoms with Gasteiger partial charge in [0.05, 0.1) is 18.2 Å². The van der Waals surface area contributed by atoms with Crippen molar-refractivity contribution >= 4 is 23.0 Å². The van der Waals surface area contributed by atoms with E-state index >= 15 is 0 Å². The quantitative estimate of drug-likeness (QED) is 0.0445. The van der Waals surface area contributed by atoms with E-state index in [2.05, 4.69) is 0 Å². The number of benzene rings is 3. The highest BCUT2D eigenvalue weighted by molar-refractivity contribution is 5.89. The Kier molecular flexibility index (Phi) is 11.4. The van der Waals surface area contributed by atoms with Crippen molar-refractivity contribution < 1.29 is 89.1 Å². The number of phenolic OH excluding ortho intramolecular Hbond substituents is 5. The Hall–Kier alpha value is -5.28. The Morgan fingerprint density at radius 2 is 1.43 bits per heavy atom. The summed E-state index contributed by atoms with van der Waals surface area (Å²) in [5, 5.41) is 114. The zero-order valence-corrected chi connectivity index (χ0v) is 27.9. The third kappa shape index (κ3) is 8.11. The fourth-order valence-corrected chi connectivity index (χ4v) is 5.84. The van der Waals surface area contributed by atoms with Gasteiger partial charge < -0.3 is 79.9 Å². The number of aliphatic hydroxyl groups is 6. The summed E-state index contributed by atoms with van der Waals surface area (Å²) in [7, 11) is 0. The number of hydrogen-bond donors (Lipinski definition) is 11. The molecule has 0 radical (unpaired) electrons. The number of aromatic hydroxyl groups is 5. The molecule has 54 heavy (non-hydrogen) atoms. The number of carbonyl (C=O) groups excluding carboxylic acids is 1. The first-order valence-corrected chi connectivity index (χ1v) is 16.4. The zero-order valence-electron chi connectivity index (χ0n) is 27.9. The molecule has 10 atom stereocenters. The van der Waals surface area contributed by atoms with Gasteiger partial charge in [-0.2, -0.15) is 0 Å². The standard InChI is InChI=1S/C36H36O18/c37-13-25-28(44)30(46)32(48)35(52-25)54-34-31(47)29(45)26(14-49-27(43)8-3-15-1-5-17(38)6-2-15)53-36(34)51-24-12-19-21(41)10-18(39)11-23(19)50-33(24)16-4-7-20(40)22(42)9-16/h1-12,25-26,28-32,34-37,44-48H,13-14H2,(H4-,38,39,40,41,42,43)/p+1/t25?,26?,28-,29-,30+,31+,32?,34?,35+,36-/m1/s1. The first kappa shape index (κ1) is 38.4. The number of aliphatic hydroxyl groups excluding tert-OH is 6. The van der Waals surface area contributed by atoms with Crippen LogP contribution in [0.5, 0.6) is 34.5 Å². The minimum absolute atomic E-state index is 0.0109. The molecule has 2 aliphatic heterocycles. The van der Waals surface area contributed by atoms with Crippen molar-refractivity contribution in [2.45, 2.75) is 61.4 Å². The van der Waals surface area contributed by atoms with Crippen molar-refractivity contribution in [2.24, 2.45) is 0 Å². The molecule has 0 bridgehead atoms. The first-order chi connectivity index (χ1) is 25.7. The van der Waals surface area contributed by atoms with Gasteiger partial charge in [-0.3, -0.25) is 0 Å². The van der Waals surface area contributed by atoms with Crippen molar-refractivity contribution in [2.75, 3.05) is 13.2 Å². The fraction of sp³-hybridized carbons (Fsp3) is 0.333. The molecule has 18 heteroatoms. The Labute approximate surface area is 304 Å². The van der Waals surface area contributed by atoms with Gasteiger partial charge in [0.1, 0.15) is 72.0 Å². The molecule has 1 aromatic heterocycles. The molecule has 0 aliphatic carbocycles. The summed E-state index contributed by atoms with van der Waals surface area (Å²) in [6.07, 6.45) is -15.4. The van der Waals surface area contributed by atoms with Gasteiger partial charge >= 0.3 is 17.3 Å². The third-order valence-electron chi connectivity index (χ3n) is 8.78. The largest absolute Gasteiger partial charge is 0.508 e. The van der Waals surface area contributed by atoms with Gasteiger partial charge in [-0.1, -0.05) is 12.1 Å². The van der Waals surface area contributed by atoms with Crippen LogP contribution in [0.15, 0.2) is 71.2 Å². The van der Waals surface area contributed by atoms with Crippen LogP contribution in [0, 0.1) is 0 Å². The van der Waals surface area contributed by atoms with E-state index in [9.17, 15) is 61.0 Å². The molecule has 0 spiro atoms. The summed E-state index contributed by atoms with van der Waals surface area (Å²) in [5.74, 6) is -3.21. The summed E-state index contributed by atoms with van der Waals surface area (Å²) in [6, 6.07) is 12.9. The summed E-state index contributed by atoms with van der Waals surface area (Å²) in [6.45, 7) is -1.48. The molecule has 3 aromatic carbocycles. The van der Waals surface area contributed by atoms with Gasteiger partial charge in [0, 0.05) is 24.3 Å². The normalized spacial score (nSPS) is 28.6. The molecule has 18 nitrogen and oxygen atoms in total. The van der Waals surface area contributed by atoms with E-state index in [0.29, 0.717) is 5.56 Å². The molecular formula is C36H37O18+. The van der Waals surface area contributed by atoms with Crippen LogP contribution in [0.2, 0.25) is 0 Å². The molecule has 2 saturated heterocycles. The lowest BCUT2D eigenvalue weighted by Gasteiger charge is -2.45. The molecule has 0 amide bonds. The molecule has 6 rings (SSSR count). The SMILES string of the molecule is O=C(/C=C\c1ccc(O)cc1)OCC1O[C@@H](Oc2cc3c(O)cc(O)cc3[o+]c2-c2ccc(O)c(O)c2)C(O[C@@H]2OC(CO)[C@@H](O)[C@H](O)C2O)[C@@H](O)[C@@H]1O. The maximum absolute atomic E-state index is 12.6. The Bertz CT molecular complexity index is 1980. The number of rotatable bonds is 10. The lowest BCUT2D eigenvalue weighted by molar-refractivity contribution is -0.357. The van der Waals surface area contributed by atoms with E-state index in [1.807, 2.05) is 0 Å². The molecule has 0 saturated carbocycles. The van der Waals surface area contributed by atoms with Crippen molar-refractivity contribution in [1.29, 1.82) is 0 Å². The van der Waals surface area contributed by atoms with Crippen LogP contribution in [-0.2, 0) is 23.7 Å². The average Bonchev–Trinajstić information content (AvgIpc) is 3.14. The molecule has 288 valence electrons. The van der Waals surface area contributed by atoms with E-state index in [4.69, 9.17) is 28.1 Å². The molecule has 2 fully saturated rings. The highest BCUT2D eigenvalue weighted by Gasteiger charge is 2.52. The maximum atomic E-state index is 12.6. The Morgan fingerprint density at radius 1 is 0.722 bits per heavy atom. The second-order valence-corrected chi connectivity index (χ2v) is 12.5. The van der Waals surface area contributed by atoms with Gasteiger partial charge in [-0.05, 0) is 35.9 Å². The summed E-state index contributed by atoms with van der Waals surface area (Å²) in [4.78, 5) is 12.6. The predicted octanol–water partition coefficient (Wildman–Crippen LogP) is 0.176. The summed E-state index contributed by atoms with van der Waals surface area (Å²) >= 11 is 0. The van der Waals surface area contributed by atoms with E-state index in [1.165, 1.54) is 48.5 Å². The van der Waals surface area contributed by atoms with Gasteiger partial charge in [0.25, 0.3) is 0 Å². The minimum Gasteiger partial charge on any atom is -0.508 e. The second-order valence-electron chi connectivity index (χ2n) is 12.5. The molecular weight excluding hydrogens is 720 g/mol. The molecule has 2 aliphatic rings. The number of carbonyl (C=O) groups is 1. The van der Waals surface area contributed by atoms with Crippen molar-refractivity contribution in [3.63, 3.8) is 0 Å². The first-order valence-electron chi connectivity index (χ1n) is 16.4. The minimum atomic E-state index is -1.98. The Morgan fingerprint density at radius 3 is 2.13 bits per heavy atom. The average molecular weight is 758 g/mol. The summed E-state index contributed by atoms with van der Waals surface area (Å²) in [5.41, 5.74) is 0.566. The molecule has 11 N–H and O–H groups in total. The second kappa shape index (κ2) is 16.0. The molecule has 4 aromatic rings. The number of ether oxygens (including phenoxy) is 5. The lowest BCUT2D eigenvalue weighted by atomic mass is 9.97. The van der Waals surface area contributed by atoms with Crippen LogP contribution in [0.1, 0.15) is 5.56 Å². The molecule has 4 unspecified atom stereocenters. The smallest absolute Gasteiger partial charge is 0.402 e. The zero-order chi connectivity index (χ0) is 38.8. The maximum Gasteiger partial charge on any atom is 0.402 e. The number of fused-ring (bicyclic) bond motifs is 1. The highest BCUT2D eigenvalue weighted by atomic mass is 16.8. The van der Waals surface area contributed by atoms with E-state index in [-0.39, 0.29) is 39.5 Å². The van der Waals surface area contributed by atoms with Gasteiger partial charge in [0.15, 0.2) is 23.9 Å². The molecule has 3 heterocycles. The van der Waals surface area contributed by atoms with Crippen molar-refractivity contribution in [3.8, 4) is 45.8 Å². The topological polar surface area (TPSA) is 297 Å². The van der Waals surface area contributed by atoms with E-state index in [0.717, 1.165) is 24.3 Å². The van der Waals surface area contributed by atoms with Gasteiger partial charge in [0.2, 0.25) is 12.0 Å². The summed E-state index contributed by atoms with van der Waals surface area (Å²) < 4.78 is 34.6. The van der Waals surface area contributed by atoms with E-state index in [1.54, 1.807) is 0 Å². The monoisotopic (exact) mass is 757 g/mol. The van der Waals surface area contributed by atoms with Crippen LogP contribution in [0.25, 0.3) is 28.4 Å². The lowest BCUT2D eigenvalue weighted by Crippen LogP contribution is -2.65. The highest BCUT2D eigenvalue weighted by Crippen LogP contribution is 2.42. The number of phenols is 5. The van der Waals surface area contributed by atoms with Gasteiger partial charge in [-0.25, -0.2) is 9.21 Å². The number of esters is 1. The number of hydrogen-bond acceptors (Lipinski definition) is 17. The van der Waals surface area contributed by atoms with Crippen LogP contribution >= 0.6 is 0 Å². The van der Waals surface area contributed by atoms with Crippen LogP contribution in [0.3, 0.4) is 0 Å². The van der Waals surface area contributed by atoms with E-state index < -0.39 is 97.8 Å². The fourth-order valence-electron chi connectivity index (χ4n) is 5.84. The van der Waals surface area contributed by atoms with Crippen LogP contribution < -0.4 is 4.74 Å². The third-order valence-corrected chi connectivity index (χ3v) is 8.78. The predicted molar refractivity (Wildman–Crippen MR) is 181 cm³/mol. The van der Waals surface area contributed by atoms with Crippen LogP contribution in [-0.4, -0.2) is 137 Å². The Balaban J connectivity index is 1.34. The van der Waals surface area contributed by atoms with Gasteiger partial charge in [-0.15, -0.1) is 0 Å².